The lowest BCUT2D eigenvalue weighted by atomic mass is 9.81. The minimum atomic E-state index is -0.591. The summed E-state index contributed by atoms with van der Waals surface area (Å²) in [5.41, 5.74) is 4.01. The third-order valence-electron chi connectivity index (χ3n) is 6.16. The number of pyridine rings is 1. The third-order valence-corrected chi connectivity index (χ3v) is 6.16. The van der Waals surface area contributed by atoms with Crippen molar-refractivity contribution >= 4 is 29.7 Å². The Morgan fingerprint density at radius 2 is 2.18 bits per heavy atom. The first-order valence-electron chi connectivity index (χ1n) is 11.0. The molecule has 3 aromatic rings. The van der Waals surface area contributed by atoms with E-state index >= 15 is 0 Å². The van der Waals surface area contributed by atoms with Gasteiger partial charge in [-0.1, -0.05) is 12.1 Å². The van der Waals surface area contributed by atoms with Crippen LogP contribution in [0.1, 0.15) is 57.8 Å². The summed E-state index contributed by atoms with van der Waals surface area (Å²) < 4.78 is 17.0. The average Bonchev–Trinajstić information content (AvgIpc) is 3.39. The molecule has 1 aliphatic heterocycles. The van der Waals surface area contributed by atoms with Crippen molar-refractivity contribution in [3.05, 3.63) is 70.3 Å². The van der Waals surface area contributed by atoms with Crippen LogP contribution in [0.5, 0.6) is 11.5 Å². The van der Waals surface area contributed by atoms with Gasteiger partial charge >= 0.3 is 5.97 Å². The number of hydrogen-bond donors (Lipinski definition) is 1. The molecule has 3 heterocycles. The van der Waals surface area contributed by atoms with Gasteiger partial charge in [-0.15, -0.1) is 0 Å². The highest BCUT2D eigenvalue weighted by atomic mass is 16.5. The Hall–Kier alpha value is -3.87. The molecule has 1 aromatic carbocycles. The molecule has 1 atom stereocenters. The van der Waals surface area contributed by atoms with E-state index in [4.69, 9.17) is 13.9 Å². The zero-order valence-electron chi connectivity index (χ0n) is 18.5. The van der Waals surface area contributed by atoms with Crippen LogP contribution in [0.3, 0.4) is 0 Å². The number of allylic oxidation sites excluding steroid dienone is 1. The Labute approximate surface area is 191 Å². The quantitative estimate of drug-likeness (QED) is 0.551. The third kappa shape index (κ3) is 3.69. The van der Waals surface area contributed by atoms with Gasteiger partial charge in [-0.05, 0) is 61.6 Å². The van der Waals surface area contributed by atoms with E-state index in [0.717, 1.165) is 35.3 Å². The molecule has 1 unspecified atom stereocenters. The Morgan fingerprint density at radius 1 is 1.30 bits per heavy atom. The van der Waals surface area contributed by atoms with Gasteiger partial charge in [-0.2, -0.15) is 0 Å². The molecular formula is C26H24N2O5. The maximum atomic E-state index is 12.8. The first-order chi connectivity index (χ1) is 16.1. The van der Waals surface area contributed by atoms with Crippen molar-refractivity contribution < 1.29 is 23.8 Å². The van der Waals surface area contributed by atoms with Crippen LogP contribution in [0.2, 0.25) is 0 Å². The molecule has 0 spiro atoms. The molecule has 1 aliphatic carbocycles. The van der Waals surface area contributed by atoms with Crippen molar-refractivity contribution in [3.63, 3.8) is 0 Å². The monoisotopic (exact) mass is 444 g/mol. The summed E-state index contributed by atoms with van der Waals surface area (Å²) in [5, 5.41) is 11.0. The van der Waals surface area contributed by atoms with E-state index in [0.29, 0.717) is 18.0 Å². The summed E-state index contributed by atoms with van der Waals surface area (Å²) in [7, 11) is 1.65. The fraction of sp³-hybridized carbons (Fsp3) is 0.269. The van der Waals surface area contributed by atoms with Crippen molar-refractivity contribution in [2.45, 2.75) is 32.1 Å². The van der Waals surface area contributed by atoms with Gasteiger partial charge in [0.2, 0.25) is 0 Å². The minimum absolute atomic E-state index is 0.0911. The SMILES string of the molecule is CCOC(=O)c1c(C2CCc3cccc(OC)c3C2)oc(C=C2C=Nc3ncccc32)c1O. The number of nitrogens with zero attached hydrogens (tertiary/aromatic N) is 2. The van der Waals surface area contributed by atoms with Crippen LogP contribution in [-0.2, 0) is 17.6 Å². The predicted octanol–water partition coefficient (Wildman–Crippen LogP) is 5.09. The molecule has 168 valence electrons. The van der Waals surface area contributed by atoms with Crippen LogP contribution in [-0.4, -0.2) is 36.0 Å². The molecule has 0 saturated heterocycles. The first-order valence-corrected chi connectivity index (χ1v) is 11.0. The number of carbonyl (C=O) groups is 1. The topological polar surface area (TPSA) is 94.2 Å². The van der Waals surface area contributed by atoms with Gasteiger partial charge < -0.3 is 19.0 Å². The largest absolute Gasteiger partial charge is 0.504 e. The highest BCUT2D eigenvalue weighted by Crippen LogP contribution is 2.43. The fourth-order valence-electron chi connectivity index (χ4n) is 4.60. The van der Waals surface area contributed by atoms with E-state index in [2.05, 4.69) is 16.0 Å². The summed E-state index contributed by atoms with van der Waals surface area (Å²) >= 11 is 0. The Kier molecular flexibility index (Phi) is 5.46. The van der Waals surface area contributed by atoms with Crippen LogP contribution in [0.15, 0.2) is 45.9 Å². The molecular weight excluding hydrogens is 420 g/mol. The van der Waals surface area contributed by atoms with E-state index in [1.54, 1.807) is 32.5 Å². The molecule has 0 amide bonds. The second-order valence-electron chi connectivity index (χ2n) is 8.04. The van der Waals surface area contributed by atoms with E-state index in [1.807, 2.05) is 24.3 Å². The second-order valence-corrected chi connectivity index (χ2v) is 8.04. The number of aryl methyl sites for hydroxylation is 1. The predicted molar refractivity (Wildman–Crippen MR) is 124 cm³/mol. The maximum absolute atomic E-state index is 12.8. The number of hydrogen-bond acceptors (Lipinski definition) is 7. The molecule has 33 heavy (non-hydrogen) atoms. The molecule has 7 nitrogen and oxygen atoms in total. The van der Waals surface area contributed by atoms with E-state index in [1.165, 1.54) is 5.56 Å². The van der Waals surface area contributed by atoms with Gasteiger partial charge in [-0.25, -0.2) is 14.8 Å². The molecule has 2 aliphatic rings. The Bertz CT molecular complexity index is 1270. The number of esters is 1. The standard InChI is InChI=1S/C26H24N2O5/c1-3-32-26(30)22-23(29)21(13-17-14-28-25-18(17)7-5-11-27-25)33-24(22)16-10-9-15-6-4-8-20(31-2)19(15)12-16/h4-8,11,13-14,16,29H,3,9-10,12H2,1-2H3. The van der Waals surface area contributed by atoms with Crippen molar-refractivity contribution in [2.75, 3.05) is 13.7 Å². The lowest BCUT2D eigenvalue weighted by molar-refractivity contribution is 0.0520. The van der Waals surface area contributed by atoms with E-state index in [-0.39, 0.29) is 29.6 Å². The minimum Gasteiger partial charge on any atom is -0.504 e. The zero-order chi connectivity index (χ0) is 22.9. The smallest absolute Gasteiger partial charge is 0.345 e. The van der Waals surface area contributed by atoms with Crippen LogP contribution in [0.25, 0.3) is 11.6 Å². The molecule has 1 N–H and O–H groups in total. The Balaban J connectivity index is 1.57. The number of aliphatic imine (C=N–C) groups is 1. The van der Waals surface area contributed by atoms with Crippen molar-refractivity contribution in [1.82, 2.24) is 4.98 Å². The number of aromatic hydroxyl groups is 1. The molecule has 0 bridgehead atoms. The maximum Gasteiger partial charge on any atom is 0.345 e. The lowest BCUT2D eigenvalue weighted by Crippen LogP contribution is -2.16. The molecule has 7 heteroatoms. The first kappa shape index (κ1) is 21.0. The van der Waals surface area contributed by atoms with Crippen LogP contribution in [0.4, 0.5) is 5.82 Å². The Morgan fingerprint density at radius 3 is 3.00 bits per heavy atom. The zero-order valence-corrected chi connectivity index (χ0v) is 18.5. The van der Waals surface area contributed by atoms with Crippen molar-refractivity contribution in [1.29, 1.82) is 0 Å². The molecule has 0 saturated carbocycles. The number of furan rings is 1. The molecule has 0 radical (unpaired) electrons. The van der Waals surface area contributed by atoms with Crippen LogP contribution in [0, 0.1) is 0 Å². The van der Waals surface area contributed by atoms with Crippen molar-refractivity contribution in [2.24, 2.45) is 4.99 Å². The lowest BCUT2D eigenvalue weighted by Gasteiger charge is -2.25. The molecule has 5 rings (SSSR count). The fourth-order valence-corrected chi connectivity index (χ4v) is 4.60. The number of carbonyl (C=O) groups excluding carboxylic acids is 1. The second kappa shape index (κ2) is 8.58. The normalized spacial score (nSPS) is 17.6. The van der Waals surface area contributed by atoms with Gasteiger partial charge in [0, 0.05) is 29.5 Å². The number of fused-ring (bicyclic) bond motifs is 2. The summed E-state index contributed by atoms with van der Waals surface area (Å²) in [4.78, 5) is 21.4. The summed E-state index contributed by atoms with van der Waals surface area (Å²) in [6.07, 6.45) is 7.28. The van der Waals surface area contributed by atoms with Gasteiger partial charge in [0.1, 0.15) is 17.1 Å². The van der Waals surface area contributed by atoms with Gasteiger partial charge in [-0.3, -0.25) is 0 Å². The number of ether oxygens (including phenoxy) is 2. The number of rotatable bonds is 5. The number of aromatic nitrogens is 1. The van der Waals surface area contributed by atoms with E-state index in [9.17, 15) is 9.90 Å². The van der Waals surface area contributed by atoms with Crippen LogP contribution >= 0.6 is 0 Å². The van der Waals surface area contributed by atoms with E-state index < -0.39 is 5.97 Å². The summed E-state index contributed by atoms with van der Waals surface area (Å²) in [5.74, 6) is 1.17. The van der Waals surface area contributed by atoms with Gasteiger partial charge in [0.25, 0.3) is 0 Å². The summed E-state index contributed by atoms with van der Waals surface area (Å²) in [6.45, 7) is 1.94. The van der Waals surface area contributed by atoms with Crippen molar-refractivity contribution in [3.8, 4) is 11.5 Å². The molecule has 0 fully saturated rings. The average molecular weight is 444 g/mol. The highest BCUT2D eigenvalue weighted by molar-refractivity contribution is 6.21. The molecule has 2 aromatic heterocycles. The number of benzene rings is 1. The number of methoxy groups -OCH3 is 1. The van der Waals surface area contributed by atoms with Gasteiger partial charge in [0.15, 0.2) is 17.3 Å². The summed E-state index contributed by atoms with van der Waals surface area (Å²) in [6, 6.07) is 9.75. The highest BCUT2D eigenvalue weighted by Gasteiger charge is 2.34. The van der Waals surface area contributed by atoms with Crippen LogP contribution < -0.4 is 4.74 Å². The van der Waals surface area contributed by atoms with Gasteiger partial charge in [0.05, 0.1) is 13.7 Å².